The molecule has 1 aliphatic rings. The first kappa shape index (κ1) is 7.49. The minimum atomic E-state index is -0.381. The maximum Gasteiger partial charge on any atom is 0.199 e. The molecule has 0 amide bonds. The summed E-state index contributed by atoms with van der Waals surface area (Å²) >= 11 is 0. The number of hydrogen-bond donors (Lipinski definition) is 1. The summed E-state index contributed by atoms with van der Waals surface area (Å²) in [6, 6.07) is 1.78. The van der Waals surface area contributed by atoms with Gasteiger partial charge >= 0.3 is 0 Å². The highest BCUT2D eigenvalue weighted by Crippen LogP contribution is 2.20. The molecule has 1 saturated heterocycles. The van der Waals surface area contributed by atoms with E-state index in [1.165, 1.54) is 0 Å². The highest BCUT2D eigenvalue weighted by Gasteiger charge is 2.22. The molecule has 1 N–H and O–H groups in total. The Bertz CT molecular complexity index is 252. The van der Waals surface area contributed by atoms with Gasteiger partial charge in [0.05, 0.1) is 0 Å². The van der Waals surface area contributed by atoms with Crippen LogP contribution in [-0.4, -0.2) is 27.8 Å². The Kier molecular flexibility index (Phi) is 1.91. The molecule has 1 aliphatic heterocycles. The maximum absolute atomic E-state index is 9.49. The molecule has 1 unspecified atom stereocenters. The Morgan fingerprint density at radius 2 is 2.58 bits per heavy atom. The molecule has 1 aromatic rings. The summed E-state index contributed by atoms with van der Waals surface area (Å²) in [6.45, 7) is 0.867. The third-order valence-corrected chi connectivity index (χ3v) is 2.04. The monoisotopic (exact) mass is 164 g/mol. The van der Waals surface area contributed by atoms with Crippen LogP contribution in [-0.2, 0) is 0 Å². The highest BCUT2D eigenvalue weighted by molar-refractivity contribution is 5.37. The second kappa shape index (κ2) is 3.06. The molecule has 1 atom stereocenters. The summed E-state index contributed by atoms with van der Waals surface area (Å²) in [7, 11) is 0. The number of anilines is 1. The number of nitrogens with zero attached hydrogens (tertiary/aromatic N) is 3. The van der Waals surface area contributed by atoms with Crippen molar-refractivity contribution in [3.8, 4) is 0 Å². The first-order valence-electron chi connectivity index (χ1n) is 4.02. The lowest BCUT2D eigenvalue weighted by molar-refractivity contribution is 0.185. The predicted molar refractivity (Wildman–Crippen MR) is 43.5 cm³/mol. The molecule has 0 aromatic carbocycles. The molecule has 12 heavy (non-hydrogen) atoms. The Morgan fingerprint density at radius 3 is 3.17 bits per heavy atom. The average molecular weight is 164 g/mol. The van der Waals surface area contributed by atoms with Crippen molar-refractivity contribution in [3.63, 3.8) is 0 Å². The van der Waals surface area contributed by atoms with Gasteiger partial charge in [0.2, 0.25) is 0 Å². The van der Waals surface area contributed by atoms with Gasteiger partial charge in [-0.2, -0.15) is 0 Å². The predicted octanol–water partition coefficient (Wildman–Crippen LogP) is 0.195. The molecule has 4 nitrogen and oxygen atoms in total. The lowest BCUT2D eigenvalue weighted by atomic mass is 10.4. The van der Waals surface area contributed by atoms with Crippen molar-refractivity contribution in [1.29, 1.82) is 0 Å². The molecular weight excluding hydrogens is 154 g/mol. The van der Waals surface area contributed by atoms with Gasteiger partial charge in [-0.25, -0.2) is 9.97 Å². The van der Waals surface area contributed by atoms with Gasteiger partial charge in [-0.3, -0.25) is 0 Å². The quantitative estimate of drug-likeness (QED) is 0.644. The van der Waals surface area contributed by atoms with Crippen molar-refractivity contribution >= 4 is 5.82 Å². The fourth-order valence-electron chi connectivity index (χ4n) is 1.43. The molecule has 2 rings (SSSR count). The topological polar surface area (TPSA) is 49.2 Å². The Balaban J connectivity index is 2.19. The Hall–Kier alpha value is -1.16. The second-order valence-electron chi connectivity index (χ2n) is 2.83. The molecule has 1 radical (unpaired) electrons. The molecule has 0 aliphatic carbocycles. The number of aliphatic hydroxyl groups is 1. The average Bonchev–Trinajstić information content (AvgIpc) is 2.53. The van der Waals surface area contributed by atoms with Crippen LogP contribution in [0.4, 0.5) is 5.82 Å². The Labute approximate surface area is 70.9 Å². The largest absolute Gasteiger partial charge is 0.374 e. The summed E-state index contributed by atoms with van der Waals surface area (Å²) in [5.74, 6) is 0.759. The van der Waals surface area contributed by atoms with E-state index in [4.69, 9.17) is 0 Å². The maximum atomic E-state index is 9.49. The number of aliphatic hydroxyl groups excluding tert-OH is 1. The van der Waals surface area contributed by atoms with Crippen LogP contribution in [0.1, 0.15) is 12.8 Å². The van der Waals surface area contributed by atoms with Crippen LogP contribution in [0.3, 0.4) is 0 Å². The SMILES string of the molecule is OC1CCCN1c1ccn[c]n1. The molecule has 2 heterocycles. The minimum Gasteiger partial charge on any atom is -0.374 e. The molecule has 0 bridgehead atoms. The summed E-state index contributed by atoms with van der Waals surface area (Å²) < 4.78 is 0. The smallest absolute Gasteiger partial charge is 0.199 e. The van der Waals surface area contributed by atoms with Crippen LogP contribution in [0.15, 0.2) is 12.3 Å². The van der Waals surface area contributed by atoms with E-state index >= 15 is 0 Å². The van der Waals surface area contributed by atoms with Gasteiger partial charge in [0.1, 0.15) is 12.0 Å². The zero-order chi connectivity index (χ0) is 8.39. The fourth-order valence-corrected chi connectivity index (χ4v) is 1.43. The first-order valence-corrected chi connectivity index (χ1v) is 4.02. The van der Waals surface area contributed by atoms with Crippen LogP contribution in [0.2, 0.25) is 0 Å². The first-order chi connectivity index (χ1) is 5.88. The summed E-state index contributed by atoms with van der Waals surface area (Å²) in [5.41, 5.74) is 0. The molecule has 0 spiro atoms. The van der Waals surface area contributed by atoms with E-state index in [1.54, 1.807) is 12.3 Å². The molecule has 4 heteroatoms. The fraction of sp³-hybridized carbons (Fsp3) is 0.500. The van der Waals surface area contributed by atoms with Gasteiger partial charge in [0, 0.05) is 12.7 Å². The minimum absolute atomic E-state index is 0.381. The summed E-state index contributed by atoms with van der Waals surface area (Å²) in [5, 5.41) is 9.49. The third kappa shape index (κ3) is 1.25. The zero-order valence-electron chi connectivity index (χ0n) is 6.64. The molecule has 63 valence electrons. The van der Waals surface area contributed by atoms with E-state index in [2.05, 4.69) is 16.3 Å². The van der Waals surface area contributed by atoms with Crippen molar-refractivity contribution in [2.45, 2.75) is 19.1 Å². The lowest BCUT2D eigenvalue weighted by Gasteiger charge is -2.20. The van der Waals surface area contributed by atoms with Gasteiger partial charge in [0.15, 0.2) is 6.33 Å². The number of rotatable bonds is 1. The lowest BCUT2D eigenvalue weighted by Crippen LogP contribution is -2.29. The van der Waals surface area contributed by atoms with Crippen molar-refractivity contribution in [1.82, 2.24) is 9.97 Å². The van der Waals surface area contributed by atoms with Crippen LogP contribution in [0.25, 0.3) is 0 Å². The molecule has 0 saturated carbocycles. The Morgan fingerprint density at radius 1 is 1.67 bits per heavy atom. The molecule has 1 aromatic heterocycles. The van der Waals surface area contributed by atoms with E-state index in [0.717, 1.165) is 25.2 Å². The van der Waals surface area contributed by atoms with E-state index < -0.39 is 0 Å². The third-order valence-electron chi connectivity index (χ3n) is 2.04. The van der Waals surface area contributed by atoms with Crippen LogP contribution >= 0.6 is 0 Å². The molecule has 1 fully saturated rings. The van der Waals surface area contributed by atoms with Gasteiger partial charge in [-0.15, -0.1) is 0 Å². The van der Waals surface area contributed by atoms with Crippen molar-refractivity contribution in [2.24, 2.45) is 0 Å². The highest BCUT2D eigenvalue weighted by atomic mass is 16.3. The zero-order valence-corrected chi connectivity index (χ0v) is 6.64. The summed E-state index contributed by atoms with van der Waals surface area (Å²) in [4.78, 5) is 9.50. The van der Waals surface area contributed by atoms with E-state index in [0.29, 0.717) is 0 Å². The van der Waals surface area contributed by atoms with E-state index in [9.17, 15) is 5.11 Å². The normalized spacial score (nSPS) is 23.1. The van der Waals surface area contributed by atoms with Crippen molar-refractivity contribution < 1.29 is 5.11 Å². The number of hydrogen-bond acceptors (Lipinski definition) is 4. The van der Waals surface area contributed by atoms with E-state index in [-0.39, 0.29) is 6.23 Å². The second-order valence-corrected chi connectivity index (χ2v) is 2.83. The van der Waals surface area contributed by atoms with Crippen LogP contribution in [0, 0.1) is 6.33 Å². The molecular formula is C8H10N3O. The van der Waals surface area contributed by atoms with Crippen molar-refractivity contribution in [3.05, 3.63) is 18.6 Å². The number of aromatic nitrogens is 2. The standard InChI is InChI=1S/C8H10N3O/c12-8-2-1-5-11(8)7-3-4-9-6-10-7/h3-4,8,12H,1-2,5H2. The van der Waals surface area contributed by atoms with Crippen LogP contribution in [0.5, 0.6) is 0 Å². The van der Waals surface area contributed by atoms with Gasteiger partial charge in [0.25, 0.3) is 0 Å². The van der Waals surface area contributed by atoms with Gasteiger partial charge in [-0.1, -0.05) is 0 Å². The summed E-state index contributed by atoms with van der Waals surface area (Å²) in [6.07, 6.45) is 5.60. The van der Waals surface area contributed by atoms with Gasteiger partial charge < -0.3 is 10.0 Å². The van der Waals surface area contributed by atoms with E-state index in [1.807, 2.05) is 4.90 Å². The van der Waals surface area contributed by atoms with Crippen LogP contribution < -0.4 is 4.90 Å². The van der Waals surface area contributed by atoms with Gasteiger partial charge in [-0.05, 0) is 18.9 Å². The van der Waals surface area contributed by atoms with Crippen molar-refractivity contribution in [2.75, 3.05) is 11.4 Å².